The molecule has 1 heterocycles. The third-order valence-electron chi connectivity index (χ3n) is 12.5. The summed E-state index contributed by atoms with van der Waals surface area (Å²) in [7, 11) is 0. The standard InChI is InChI=1S/C35H50O11/c1-16(2)8-11-24(38)35(7,44)30-20(37)13-32(4)23-10-9-18-17(3)26(40)21(12-19(18)34(23,6)25(39)14-33(30,32)5)45-31-29(43)28(42)27(41)22(15-36)46-31/h12,20,22-23,27-31,36-37,40-44H,1,8-11,13-15H2,2-7H3/t20-,22-,23-,27-,28+,29-,30+,31-,32+,33-,34+,35+/m1/s1. The zero-order valence-corrected chi connectivity index (χ0v) is 27.6. The number of aliphatic hydroxyl groups excluding tert-OH is 5. The van der Waals surface area contributed by atoms with Crippen LogP contribution >= 0.6 is 0 Å². The Morgan fingerprint density at radius 2 is 1.76 bits per heavy atom. The summed E-state index contributed by atoms with van der Waals surface area (Å²) >= 11 is 0. The molecule has 3 fully saturated rings. The van der Waals surface area contributed by atoms with Gasteiger partial charge in [-0.25, -0.2) is 0 Å². The summed E-state index contributed by atoms with van der Waals surface area (Å²) in [6, 6.07) is 1.56. The van der Waals surface area contributed by atoms with E-state index in [1.807, 2.05) is 27.7 Å². The van der Waals surface area contributed by atoms with Gasteiger partial charge in [0.1, 0.15) is 35.8 Å². The van der Waals surface area contributed by atoms with E-state index in [2.05, 4.69) is 6.58 Å². The highest BCUT2D eigenvalue weighted by Gasteiger charge is 2.73. The number of carbonyl (C=O) groups excluding carboxylic acids is 2. The van der Waals surface area contributed by atoms with E-state index >= 15 is 0 Å². The summed E-state index contributed by atoms with van der Waals surface area (Å²) in [6.07, 6.45) is -6.86. The Kier molecular flexibility index (Phi) is 8.85. The number of rotatable bonds is 8. The molecule has 3 aliphatic carbocycles. The number of fused-ring (bicyclic) bond motifs is 5. The van der Waals surface area contributed by atoms with E-state index in [1.165, 1.54) is 6.92 Å². The first kappa shape index (κ1) is 34.9. The molecule has 46 heavy (non-hydrogen) atoms. The Labute approximate surface area is 269 Å². The van der Waals surface area contributed by atoms with Crippen LogP contribution in [0.5, 0.6) is 11.5 Å². The molecule has 0 unspecified atom stereocenters. The first-order valence-electron chi connectivity index (χ1n) is 16.2. The quantitative estimate of drug-likeness (QED) is 0.203. The van der Waals surface area contributed by atoms with Crippen LogP contribution in [0, 0.1) is 29.6 Å². The Bertz CT molecular complexity index is 1420. The van der Waals surface area contributed by atoms with Crippen molar-refractivity contribution in [2.24, 2.45) is 22.7 Å². The molecule has 0 radical (unpaired) electrons. The number of ether oxygens (including phenoxy) is 2. The normalized spacial score (nSPS) is 41.6. The highest BCUT2D eigenvalue weighted by Crippen LogP contribution is 2.72. The van der Waals surface area contributed by atoms with Crippen LogP contribution in [-0.4, -0.2) is 96.3 Å². The zero-order valence-electron chi connectivity index (χ0n) is 27.6. The molecular formula is C35H50O11. The topological polar surface area (TPSA) is 194 Å². The van der Waals surface area contributed by atoms with E-state index in [-0.39, 0.29) is 48.2 Å². The van der Waals surface area contributed by atoms with Crippen molar-refractivity contribution in [3.63, 3.8) is 0 Å². The van der Waals surface area contributed by atoms with E-state index in [0.29, 0.717) is 30.4 Å². The van der Waals surface area contributed by atoms with Crippen LogP contribution in [0.1, 0.15) is 83.4 Å². The van der Waals surface area contributed by atoms with Crippen molar-refractivity contribution >= 4 is 11.6 Å². The second-order valence-electron chi connectivity index (χ2n) is 15.2. The van der Waals surface area contributed by atoms with Gasteiger partial charge in [-0.15, -0.1) is 6.58 Å². The number of hydrogen-bond acceptors (Lipinski definition) is 11. The molecule has 0 amide bonds. The van der Waals surface area contributed by atoms with E-state index < -0.39 is 71.2 Å². The maximum Gasteiger partial charge on any atom is 0.229 e. The number of benzene rings is 1. The fourth-order valence-corrected chi connectivity index (χ4v) is 9.73. The van der Waals surface area contributed by atoms with E-state index in [9.17, 15) is 45.3 Å². The molecule has 11 heteroatoms. The van der Waals surface area contributed by atoms with Gasteiger partial charge in [-0.2, -0.15) is 0 Å². The number of Topliss-reactive ketones (excluding diaryl/α,β-unsaturated/α-hetero) is 2. The highest BCUT2D eigenvalue weighted by molar-refractivity contribution is 5.94. The third kappa shape index (κ3) is 4.88. The summed E-state index contributed by atoms with van der Waals surface area (Å²) in [5.74, 6) is -2.00. The number of phenolic OH excluding ortho intramolecular Hbond substituents is 1. The van der Waals surface area contributed by atoms with Gasteiger partial charge in [0.2, 0.25) is 6.29 Å². The van der Waals surface area contributed by atoms with Crippen molar-refractivity contribution in [2.75, 3.05) is 6.61 Å². The fraction of sp³-hybridized carbons (Fsp3) is 0.714. The Morgan fingerprint density at radius 1 is 1.11 bits per heavy atom. The number of carbonyl (C=O) groups is 2. The Balaban J connectivity index is 1.54. The molecule has 0 aromatic heterocycles. The van der Waals surface area contributed by atoms with Crippen molar-refractivity contribution < 1.29 is 54.8 Å². The van der Waals surface area contributed by atoms with Crippen molar-refractivity contribution in [1.82, 2.24) is 0 Å². The maximum atomic E-state index is 14.6. The van der Waals surface area contributed by atoms with Gasteiger partial charge in [0.05, 0.1) is 18.1 Å². The predicted molar refractivity (Wildman–Crippen MR) is 166 cm³/mol. The summed E-state index contributed by atoms with van der Waals surface area (Å²) in [5, 5.41) is 75.2. The highest BCUT2D eigenvalue weighted by atomic mass is 16.7. The molecule has 1 aromatic carbocycles. The minimum absolute atomic E-state index is 0.00437. The second-order valence-corrected chi connectivity index (χ2v) is 15.2. The lowest BCUT2D eigenvalue weighted by Crippen LogP contribution is -2.63. The fourth-order valence-electron chi connectivity index (χ4n) is 9.73. The van der Waals surface area contributed by atoms with Gasteiger partial charge < -0.3 is 45.2 Å². The van der Waals surface area contributed by atoms with Gasteiger partial charge in [0.15, 0.2) is 17.3 Å². The molecule has 0 bridgehead atoms. The Hall–Kier alpha value is -2.38. The number of phenols is 1. The Morgan fingerprint density at radius 3 is 2.37 bits per heavy atom. The van der Waals surface area contributed by atoms with Crippen LogP contribution in [0.25, 0.3) is 0 Å². The SMILES string of the molecule is C=C(C)CCC(=O)[C@](C)(O)[C@H]1[C@H](O)C[C@@]2(C)[C@H]3CCc4c(cc(O[C@@H]5O[C@H](CO)[C@@H](O)[C@H](O)[C@H]5O)c(O)c4C)[C@]3(C)C(=O)C[C@]12C. The maximum absolute atomic E-state index is 14.6. The summed E-state index contributed by atoms with van der Waals surface area (Å²) < 4.78 is 11.4. The molecule has 1 aromatic rings. The summed E-state index contributed by atoms with van der Waals surface area (Å²) in [5.41, 5.74) is -1.81. The number of hydrogen-bond donors (Lipinski definition) is 7. The largest absolute Gasteiger partial charge is 0.504 e. The molecule has 2 saturated carbocycles. The molecule has 11 nitrogen and oxygen atoms in total. The van der Waals surface area contributed by atoms with Gasteiger partial charge in [0.25, 0.3) is 0 Å². The lowest BCUT2D eigenvalue weighted by molar-refractivity contribution is -0.277. The molecule has 1 saturated heterocycles. The van der Waals surface area contributed by atoms with Crippen LogP contribution in [0.4, 0.5) is 0 Å². The van der Waals surface area contributed by atoms with Gasteiger partial charge in [0, 0.05) is 18.8 Å². The number of aromatic hydroxyl groups is 1. The van der Waals surface area contributed by atoms with Gasteiger partial charge >= 0.3 is 0 Å². The number of aliphatic hydroxyl groups is 6. The van der Waals surface area contributed by atoms with Crippen LogP contribution in [0.3, 0.4) is 0 Å². The van der Waals surface area contributed by atoms with Gasteiger partial charge in [-0.3, -0.25) is 9.59 Å². The molecule has 5 rings (SSSR count). The second kappa shape index (κ2) is 11.6. The lowest BCUT2D eigenvalue weighted by atomic mass is 9.41. The molecular weight excluding hydrogens is 596 g/mol. The summed E-state index contributed by atoms with van der Waals surface area (Å²) in [6.45, 7) is 14.0. The van der Waals surface area contributed by atoms with Gasteiger partial charge in [-0.05, 0) is 92.9 Å². The van der Waals surface area contributed by atoms with E-state index in [0.717, 1.165) is 11.1 Å². The van der Waals surface area contributed by atoms with Crippen molar-refractivity contribution in [1.29, 1.82) is 0 Å². The van der Waals surface area contributed by atoms with Crippen LogP contribution in [0.2, 0.25) is 0 Å². The van der Waals surface area contributed by atoms with Crippen molar-refractivity contribution in [2.45, 2.75) is 128 Å². The van der Waals surface area contributed by atoms with Crippen LogP contribution in [-0.2, 0) is 26.2 Å². The molecule has 4 aliphatic rings. The summed E-state index contributed by atoms with van der Waals surface area (Å²) in [4.78, 5) is 28.0. The average Bonchev–Trinajstić information content (AvgIpc) is 3.19. The molecule has 12 atom stereocenters. The van der Waals surface area contributed by atoms with E-state index in [1.54, 1.807) is 13.0 Å². The smallest absolute Gasteiger partial charge is 0.229 e. The molecule has 256 valence electrons. The number of ketones is 2. The van der Waals surface area contributed by atoms with E-state index in [4.69, 9.17) is 9.47 Å². The minimum atomic E-state index is -1.86. The lowest BCUT2D eigenvalue weighted by Gasteiger charge is -2.61. The average molecular weight is 647 g/mol. The monoisotopic (exact) mass is 646 g/mol. The van der Waals surface area contributed by atoms with Crippen molar-refractivity contribution in [3.8, 4) is 11.5 Å². The molecule has 1 aliphatic heterocycles. The number of allylic oxidation sites excluding steroid dienone is 1. The van der Waals surface area contributed by atoms with Crippen molar-refractivity contribution in [3.05, 3.63) is 34.9 Å². The van der Waals surface area contributed by atoms with Gasteiger partial charge in [-0.1, -0.05) is 19.4 Å². The first-order chi connectivity index (χ1) is 21.3. The molecule has 0 spiro atoms. The predicted octanol–water partition coefficient (Wildman–Crippen LogP) is 1.74. The van der Waals surface area contributed by atoms with Crippen LogP contribution < -0.4 is 4.74 Å². The minimum Gasteiger partial charge on any atom is -0.504 e. The molecule has 7 N–H and O–H groups in total. The third-order valence-corrected chi connectivity index (χ3v) is 12.5. The first-order valence-corrected chi connectivity index (χ1v) is 16.2. The zero-order chi connectivity index (χ0) is 34.3. The van der Waals surface area contributed by atoms with Crippen LogP contribution in [0.15, 0.2) is 18.2 Å².